The first-order chi connectivity index (χ1) is 12.6. The predicted octanol–water partition coefficient (Wildman–Crippen LogP) is 5.11. The molecule has 0 heterocycles. The molecule has 0 N–H and O–H groups in total. The zero-order valence-corrected chi connectivity index (χ0v) is 14.4. The number of hydrogen-bond donors (Lipinski definition) is 0. The van der Waals surface area contributed by atoms with Gasteiger partial charge >= 0.3 is 5.97 Å². The Kier molecular flexibility index (Phi) is 5.40. The molecule has 0 saturated heterocycles. The van der Waals surface area contributed by atoms with E-state index >= 15 is 0 Å². The minimum Gasteiger partial charge on any atom is -0.422 e. The molecule has 3 heteroatoms. The Bertz CT molecular complexity index is 939. The van der Waals surface area contributed by atoms with Crippen LogP contribution in [0.5, 0.6) is 5.75 Å². The smallest absolute Gasteiger partial charge is 0.343 e. The largest absolute Gasteiger partial charge is 0.422 e. The molecular formula is C23H18O3. The van der Waals surface area contributed by atoms with Crippen LogP contribution >= 0.6 is 0 Å². The van der Waals surface area contributed by atoms with Crippen LogP contribution in [0.1, 0.15) is 31.8 Å². The number of ketones is 1. The Morgan fingerprint density at radius 2 is 1.42 bits per heavy atom. The zero-order valence-electron chi connectivity index (χ0n) is 14.4. The van der Waals surface area contributed by atoms with E-state index in [4.69, 9.17) is 4.74 Å². The van der Waals surface area contributed by atoms with Crippen molar-refractivity contribution in [2.24, 2.45) is 0 Å². The van der Waals surface area contributed by atoms with Crippen molar-refractivity contribution in [3.63, 3.8) is 0 Å². The highest BCUT2D eigenvalue weighted by atomic mass is 16.5. The van der Waals surface area contributed by atoms with Gasteiger partial charge in [-0.25, -0.2) is 4.79 Å². The second kappa shape index (κ2) is 8.08. The van der Waals surface area contributed by atoms with Crippen LogP contribution in [0.15, 0.2) is 84.9 Å². The lowest BCUT2D eigenvalue weighted by atomic mass is 10.1. The van der Waals surface area contributed by atoms with Crippen LogP contribution in [0, 0.1) is 6.92 Å². The molecule has 3 nitrogen and oxygen atoms in total. The topological polar surface area (TPSA) is 43.4 Å². The van der Waals surface area contributed by atoms with Gasteiger partial charge < -0.3 is 4.74 Å². The summed E-state index contributed by atoms with van der Waals surface area (Å²) in [7, 11) is 0. The Morgan fingerprint density at radius 3 is 2.15 bits per heavy atom. The molecule has 0 aliphatic carbocycles. The molecule has 0 atom stereocenters. The van der Waals surface area contributed by atoms with E-state index in [0.29, 0.717) is 22.4 Å². The van der Waals surface area contributed by atoms with Crippen molar-refractivity contribution >= 4 is 17.8 Å². The Balaban J connectivity index is 1.78. The van der Waals surface area contributed by atoms with Crippen LogP contribution in [0.4, 0.5) is 0 Å². The number of rotatable bonds is 5. The van der Waals surface area contributed by atoms with Crippen molar-refractivity contribution in [3.05, 3.63) is 107 Å². The normalized spacial score (nSPS) is 10.7. The molecule has 0 radical (unpaired) electrons. The molecule has 0 amide bonds. The number of esters is 1. The Morgan fingerprint density at radius 1 is 0.769 bits per heavy atom. The van der Waals surface area contributed by atoms with E-state index in [9.17, 15) is 9.59 Å². The molecule has 0 bridgehead atoms. The number of ether oxygens (including phenoxy) is 1. The average Bonchev–Trinajstić information content (AvgIpc) is 2.68. The second-order valence-corrected chi connectivity index (χ2v) is 5.86. The monoisotopic (exact) mass is 342 g/mol. The fourth-order valence-corrected chi connectivity index (χ4v) is 2.42. The van der Waals surface area contributed by atoms with Crippen molar-refractivity contribution in [1.82, 2.24) is 0 Å². The van der Waals surface area contributed by atoms with Crippen molar-refractivity contribution in [2.45, 2.75) is 6.92 Å². The SMILES string of the molecule is Cc1ccc(C(=O)Oc2ccccc2C=CC(=O)c2ccccc2)cc1. The lowest BCUT2D eigenvalue weighted by Crippen LogP contribution is -2.09. The van der Waals surface area contributed by atoms with E-state index in [2.05, 4.69) is 0 Å². The highest BCUT2D eigenvalue weighted by Crippen LogP contribution is 2.21. The third-order valence-corrected chi connectivity index (χ3v) is 3.88. The van der Waals surface area contributed by atoms with Gasteiger partial charge in [-0.1, -0.05) is 66.2 Å². The van der Waals surface area contributed by atoms with Crippen molar-refractivity contribution < 1.29 is 14.3 Å². The van der Waals surface area contributed by atoms with Gasteiger partial charge in [0, 0.05) is 11.1 Å². The molecule has 0 aliphatic heterocycles. The number of hydrogen-bond acceptors (Lipinski definition) is 3. The molecule has 0 aromatic heterocycles. The summed E-state index contributed by atoms with van der Waals surface area (Å²) in [6, 6.07) is 23.3. The van der Waals surface area contributed by atoms with Crippen LogP contribution in [0.2, 0.25) is 0 Å². The fourth-order valence-electron chi connectivity index (χ4n) is 2.42. The third-order valence-electron chi connectivity index (χ3n) is 3.88. The summed E-state index contributed by atoms with van der Waals surface area (Å²) in [4.78, 5) is 24.5. The van der Waals surface area contributed by atoms with Crippen molar-refractivity contribution in [2.75, 3.05) is 0 Å². The number of carbonyl (C=O) groups excluding carboxylic acids is 2. The number of para-hydroxylation sites is 1. The molecule has 3 aromatic carbocycles. The van der Waals surface area contributed by atoms with E-state index in [1.807, 2.05) is 43.3 Å². The van der Waals surface area contributed by atoms with Gasteiger partial charge in [-0.3, -0.25) is 4.79 Å². The summed E-state index contributed by atoms with van der Waals surface area (Å²) in [6.45, 7) is 1.96. The molecule has 3 aromatic rings. The molecule has 0 aliphatic rings. The first-order valence-corrected chi connectivity index (χ1v) is 8.29. The quantitative estimate of drug-likeness (QED) is 0.280. The number of allylic oxidation sites excluding steroid dienone is 1. The molecular weight excluding hydrogens is 324 g/mol. The minimum atomic E-state index is -0.430. The maximum Gasteiger partial charge on any atom is 0.343 e. The van der Waals surface area contributed by atoms with Gasteiger partial charge in [0.2, 0.25) is 0 Å². The molecule has 0 fully saturated rings. The van der Waals surface area contributed by atoms with Gasteiger partial charge in [-0.2, -0.15) is 0 Å². The highest BCUT2D eigenvalue weighted by Gasteiger charge is 2.10. The summed E-state index contributed by atoms with van der Waals surface area (Å²) in [6.07, 6.45) is 3.14. The van der Waals surface area contributed by atoms with Crippen molar-refractivity contribution in [3.8, 4) is 5.75 Å². The molecule has 0 unspecified atom stereocenters. The first-order valence-electron chi connectivity index (χ1n) is 8.29. The predicted molar refractivity (Wildman–Crippen MR) is 102 cm³/mol. The fraction of sp³-hybridized carbons (Fsp3) is 0.0435. The summed E-state index contributed by atoms with van der Waals surface area (Å²) in [5.41, 5.74) is 2.83. The lowest BCUT2D eigenvalue weighted by Gasteiger charge is -2.07. The number of aryl methyl sites for hydroxylation is 1. The van der Waals surface area contributed by atoms with E-state index in [-0.39, 0.29) is 5.78 Å². The third kappa shape index (κ3) is 4.33. The summed E-state index contributed by atoms with van der Waals surface area (Å²) < 4.78 is 5.51. The molecule has 128 valence electrons. The standard InChI is InChI=1S/C23H18O3/c1-17-11-13-20(14-12-17)23(25)26-22-10-6-5-9-19(22)15-16-21(24)18-7-3-2-4-8-18/h2-16H,1H3. The van der Waals surface area contributed by atoms with Crippen LogP contribution in [0.25, 0.3) is 6.08 Å². The average molecular weight is 342 g/mol. The maximum atomic E-state index is 12.3. The van der Waals surface area contributed by atoms with Gasteiger partial charge in [0.25, 0.3) is 0 Å². The van der Waals surface area contributed by atoms with E-state index in [0.717, 1.165) is 5.56 Å². The molecule has 0 spiro atoms. The Labute approximate surface area is 152 Å². The summed E-state index contributed by atoms with van der Waals surface area (Å²) in [5, 5.41) is 0. The van der Waals surface area contributed by atoms with Gasteiger partial charge in [0.15, 0.2) is 5.78 Å². The van der Waals surface area contributed by atoms with Crippen LogP contribution in [-0.2, 0) is 0 Å². The summed E-state index contributed by atoms with van der Waals surface area (Å²) in [5.74, 6) is -0.124. The highest BCUT2D eigenvalue weighted by molar-refractivity contribution is 6.07. The van der Waals surface area contributed by atoms with Crippen LogP contribution in [0.3, 0.4) is 0 Å². The first kappa shape index (κ1) is 17.4. The number of carbonyl (C=O) groups is 2. The van der Waals surface area contributed by atoms with Crippen LogP contribution in [-0.4, -0.2) is 11.8 Å². The maximum absolute atomic E-state index is 12.3. The zero-order chi connectivity index (χ0) is 18.4. The van der Waals surface area contributed by atoms with Gasteiger partial charge in [-0.15, -0.1) is 0 Å². The molecule has 26 heavy (non-hydrogen) atoms. The van der Waals surface area contributed by atoms with Gasteiger partial charge in [-0.05, 0) is 37.3 Å². The lowest BCUT2D eigenvalue weighted by molar-refractivity contribution is 0.0734. The second-order valence-electron chi connectivity index (χ2n) is 5.86. The van der Waals surface area contributed by atoms with E-state index < -0.39 is 5.97 Å². The van der Waals surface area contributed by atoms with E-state index in [1.165, 1.54) is 6.08 Å². The molecule has 0 saturated carbocycles. The Hall–Kier alpha value is -3.46. The van der Waals surface area contributed by atoms with Gasteiger partial charge in [0.05, 0.1) is 5.56 Å². The van der Waals surface area contributed by atoms with Crippen LogP contribution < -0.4 is 4.74 Å². The molecule has 3 rings (SSSR count). The minimum absolute atomic E-state index is 0.106. The van der Waals surface area contributed by atoms with Gasteiger partial charge in [0.1, 0.15) is 5.75 Å². The summed E-state index contributed by atoms with van der Waals surface area (Å²) >= 11 is 0. The number of benzene rings is 3. The van der Waals surface area contributed by atoms with Crippen molar-refractivity contribution in [1.29, 1.82) is 0 Å². The van der Waals surface area contributed by atoms with E-state index in [1.54, 1.807) is 48.5 Å².